The van der Waals surface area contributed by atoms with Crippen molar-refractivity contribution in [2.45, 2.75) is 6.92 Å². The molecule has 0 aliphatic heterocycles. The van der Waals surface area contributed by atoms with Crippen molar-refractivity contribution in [2.75, 3.05) is 11.2 Å². The van der Waals surface area contributed by atoms with Gasteiger partial charge in [0.05, 0.1) is 0 Å². The van der Waals surface area contributed by atoms with E-state index in [9.17, 15) is 0 Å². The Balaban J connectivity index is 2.30. The van der Waals surface area contributed by atoms with Crippen molar-refractivity contribution in [1.82, 2.24) is 9.97 Å². The van der Waals surface area contributed by atoms with Crippen molar-refractivity contribution in [3.63, 3.8) is 0 Å². The molecule has 94 valence electrons. The lowest BCUT2D eigenvalue weighted by atomic mass is 10.2. The van der Waals surface area contributed by atoms with Crippen molar-refractivity contribution in [1.29, 1.82) is 0 Å². The maximum atomic E-state index is 5.87. The second-order valence-electron chi connectivity index (χ2n) is 3.61. The first kappa shape index (κ1) is 12.4. The summed E-state index contributed by atoms with van der Waals surface area (Å²) in [6.45, 7) is 1.88. The van der Waals surface area contributed by atoms with Crippen molar-refractivity contribution < 1.29 is 4.74 Å². The van der Waals surface area contributed by atoms with Gasteiger partial charge in [-0.1, -0.05) is 11.6 Å². The number of nitrogens with zero attached hydrogens (tertiary/aromatic N) is 2. The van der Waals surface area contributed by atoms with Gasteiger partial charge in [0.25, 0.3) is 0 Å². The zero-order chi connectivity index (χ0) is 13.1. The minimum Gasteiger partial charge on any atom is -0.438 e. The molecule has 0 saturated heterocycles. The molecule has 0 aliphatic rings. The number of nitrogens with one attached hydrogen (secondary N) is 1. The molecule has 5 N–H and O–H groups in total. The molecule has 0 bridgehead atoms. The molecule has 1 aromatic carbocycles. The highest BCUT2D eigenvalue weighted by Gasteiger charge is 2.06. The third-order valence-electron chi connectivity index (χ3n) is 2.22. The van der Waals surface area contributed by atoms with E-state index >= 15 is 0 Å². The van der Waals surface area contributed by atoms with Crippen LogP contribution in [0.3, 0.4) is 0 Å². The van der Waals surface area contributed by atoms with E-state index in [0.29, 0.717) is 22.5 Å². The van der Waals surface area contributed by atoms with Gasteiger partial charge in [-0.05, 0) is 30.7 Å². The topological polar surface area (TPSA) is 99.1 Å². The third-order valence-corrected chi connectivity index (χ3v) is 2.45. The number of halogens is 1. The van der Waals surface area contributed by atoms with E-state index in [1.807, 2.05) is 6.92 Å². The average molecular weight is 266 g/mol. The molecule has 0 radical (unpaired) electrons. The minimum atomic E-state index is 0.0760. The molecule has 0 aliphatic carbocycles. The van der Waals surface area contributed by atoms with Crippen LogP contribution in [0.2, 0.25) is 5.02 Å². The van der Waals surface area contributed by atoms with Gasteiger partial charge in [-0.2, -0.15) is 9.97 Å². The lowest BCUT2D eigenvalue weighted by molar-refractivity contribution is 0.459. The van der Waals surface area contributed by atoms with Crippen molar-refractivity contribution >= 4 is 23.4 Å². The Morgan fingerprint density at radius 3 is 2.72 bits per heavy atom. The molecule has 0 fully saturated rings. The minimum absolute atomic E-state index is 0.0760. The van der Waals surface area contributed by atoms with Crippen molar-refractivity contribution in [3.05, 3.63) is 34.9 Å². The van der Waals surface area contributed by atoms with Gasteiger partial charge >= 0.3 is 0 Å². The maximum Gasteiger partial charge on any atom is 0.226 e. The van der Waals surface area contributed by atoms with Gasteiger partial charge in [0.1, 0.15) is 11.6 Å². The summed E-state index contributed by atoms with van der Waals surface area (Å²) in [6.07, 6.45) is 0. The molecular weight excluding hydrogens is 254 g/mol. The molecule has 18 heavy (non-hydrogen) atoms. The number of nitrogen functional groups attached to an aromatic ring is 2. The summed E-state index contributed by atoms with van der Waals surface area (Å²) >= 11 is 5.87. The van der Waals surface area contributed by atoms with Crippen LogP contribution in [-0.4, -0.2) is 9.97 Å². The predicted octanol–water partition coefficient (Wildman–Crippen LogP) is 2.10. The van der Waals surface area contributed by atoms with Gasteiger partial charge < -0.3 is 15.9 Å². The van der Waals surface area contributed by atoms with E-state index in [1.54, 1.807) is 24.3 Å². The molecule has 7 heteroatoms. The van der Waals surface area contributed by atoms with Gasteiger partial charge in [-0.15, -0.1) is 0 Å². The summed E-state index contributed by atoms with van der Waals surface area (Å²) in [5, 5.41) is 0.645. The van der Waals surface area contributed by atoms with E-state index < -0.39 is 0 Å². The zero-order valence-corrected chi connectivity index (χ0v) is 10.4. The molecular formula is C11H12ClN5O. The molecule has 0 spiro atoms. The van der Waals surface area contributed by atoms with Crippen molar-refractivity contribution in [3.8, 4) is 11.6 Å². The Labute approximate surface area is 109 Å². The van der Waals surface area contributed by atoms with Crippen LogP contribution < -0.4 is 21.7 Å². The fourth-order valence-corrected chi connectivity index (χ4v) is 1.64. The molecule has 0 unspecified atom stereocenters. The molecule has 2 rings (SSSR count). The first-order valence-corrected chi connectivity index (χ1v) is 5.51. The number of anilines is 2. The highest BCUT2D eigenvalue weighted by Crippen LogP contribution is 2.27. The van der Waals surface area contributed by atoms with E-state index in [-0.39, 0.29) is 5.95 Å². The standard InChI is InChI=1S/C11H12ClN5O/c1-6-4-7(12)2-3-8(6)18-10-5-9(17-14)15-11(13)16-10/h2-5H,14H2,1H3,(H3,13,15,16,17). The van der Waals surface area contributed by atoms with Gasteiger partial charge in [0, 0.05) is 11.1 Å². The fraction of sp³-hybridized carbons (Fsp3) is 0.0909. The first-order valence-electron chi connectivity index (χ1n) is 5.13. The van der Waals surface area contributed by atoms with Crippen LogP contribution >= 0.6 is 11.6 Å². The first-order chi connectivity index (χ1) is 8.58. The summed E-state index contributed by atoms with van der Waals surface area (Å²) in [4.78, 5) is 7.82. The van der Waals surface area contributed by atoms with Crippen LogP contribution in [0, 0.1) is 6.92 Å². The Bertz CT molecular complexity index is 575. The molecule has 0 amide bonds. The normalized spacial score (nSPS) is 10.2. The molecule has 6 nitrogen and oxygen atoms in total. The number of hydrogen-bond acceptors (Lipinski definition) is 6. The summed E-state index contributed by atoms with van der Waals surface area (Å²) in [6, 6.07) is 6.83. The Morgan fingerprint density at radius 2 is 2.06 bits per heavy atom. The van der Waals surface area contributed by atoms with E-state index in [1.165, 1.54) is 0 Å². The molecule has 0 atom stereocenters. The predicted molar refractivity (Wildman–Crippen MR) is 70.5 cm³/mol. The molecule has 1 aromatic heterocycles. The quantitative estimate of drug-likeness (QED) is 0.581. The Hall–Kier alpha value is -2.05. The number of benzene rings is 1. The Kier molecular flexibility index (Phi) is 3.50. The van der Waals surface area contributed by atoms with Gasteiger partial charge in [0.15, 0.2) is 0 Å². The largest absolute Gasteiger partial charge is 0.438 e. The van der Waals surface area contributed by atoms with Crippen LogP contribution in [0.4, 0.5) is 11.8 Å². The van der Waals surface area contributed by atoms with Crippen LogP contribution in [0.1, 0.15) is 5.56 Å². The summed E-state index contributed by atoms with van der Waals surface area (Å²) in [5.74, 6) is 6.66. The smallest absolute Gasteiger partial charge is 0.226 e. The average Bonchev–Trinajstić information content (AvgIpc) is 2.32. The number of ether oxygens (including phenoxy) is 1. The van der Waals surface area contributed by atoms with Crippen LogP contribution in [0.25, 0.3) is 0 Å². The fourth-order valence-electron chi connectivity index (χ4n) is 1.41. The lowest BCUT2D eigenvalue weighted by Gasteiger charge is -2.09. The van der Waals surface area contributed by atoms with Crippen LogP contribution in [0.15, 0.2) is 24.3 Å². The van der Waals surface area contributed by atoms with Gasteiger partial charge in [0.2, 0.25) is 11.8 Å². The number of aryl methyl sites for hydroxylation is 1. The number of rotatable bonds is 3. The maximum absolute atomic E-state index is 5.87. The Morgan fingerprint density at radius 1 is 1.28 bits per heavy atom. The second kappa shape index (κ2) is 5.07. The number of nitrogens with two attached hydrogens (primary N) is 2. The third kappa shape index (κ3) is 2.79. The second-order valence-corrected chi connectivity index (χ2v) is 4.04. The lowest BCUT2D eigenvalue weighted by Crippen LogP contribution is -2.10. The van der Waals surface area contributed by atoms with Gasteiger partial charge in [-0.3, -0.25) is 0 Å². The van der Waals surface area contributed by atoms with Crippen LogP contribution in [0.5, 0.6) is 11.6 Å². The van der Waals surface area contributed by atoms with Crippen LogP contribution in [-0.2, 0) is 0 Å². The summed E-state index contributed by atoms with van der Waals surface area (Å²) < 4.78 is 5.60. The van der Waals surface area contributed by atoms with E-state index in [0.717, 1.165) is 5.56 Å². The molecule has 0 saturated carbocycles. The summed E-state index contributed by atoms with van der Waals surface area (Å²) in [5.41, 5.74) is 8.81. The highest BCUT2D eigenvalue weighted by atomic mass is 35.5. The SMILES string of the molecule is Cc1cc(Cl)ccc1Oc1cc(NN)nc(N)n1. The van der Waals surface area contributed by atoms with Crippen molar-refractivity contribution in [2.24, 2.45) is 5.84 Å². The zero-order valence-electron chi connectivity index (χ0n) is 9.64. The molecule has 1 heterocycles. The number of aromatic nitrogens is 2. The van der Waals surface area contributed by atoms with E-state index in [4.69, 9.17) is 27.9 Å². The van der Waals surface area contributed by atoms with E-state index in [2.05, 4.69) is 15.4 Å². The monoisotopic (exact) mass is 265 g/mol. The summed E-state index contributed by atoms with van der Waals surface area (Å²) in [7, 11) is 0. The number of hydrazine groups is 1. The highest BCUT2D eigenvalue weighted by molar-refractivity contribution is 6.30. The molecule has 2 aromatic rings. The van der Waals surface area contributed by atoms with Gasteiger partial charge in [-0.25, -0.2) is 5.84 Å². The number of hydrogen-bond donors (Lipinski definition) is 3.